The van der Waals surface area contributed by atoms with E-state index in [1.165, 1.54) is 6.92 Å². The van der Waals surface area contributed by atoms with Crippen LogP contribution in [0.4, 0.5) is 4.79 Å². The molecule has 0 fully saturated rings. The first-order valence-corrected chi connectivity index (χ1v) is 8.07. The van der Waals surface area contributed by atoms with Crippen molar-refractivity contribution in [3.63, 3.8) is 0 Å². The third-order valence-corrected chi connectivity index (χ3v) is 3.15. The van der Waals surface area contributed by atoms with Crippen molar-refractivity contribution in [2.24, 2.45) is 0 Å². The first-order valence-electron chi connectivity index (χ1n) is 8.07. The second-order valence-electron chi connectivity index (χ2n) is 5.24. The molecule has 0 spiro atoms. The van der Waals surface area contributed by atoms with Crippen LogP contribution in [-0.2, 0) is 4.79 Å². The lowest BCUT2D eigenvalue weighted by molar-refractivity contribution is -0.118. The van der Waals surface area contributed by atoms with E-state index in [1.807, 2.05) is 7.05 Å². The number of hydrogen-bond donors (Lipinski definition) is 4. The molecular weight excluding hydrogens is 268 g/mol. The Balaban J connectivity index is 3.17. The Kier molecular flexibility index (Phi) is 14.2. The molecule has 0 radical (unpaired) electrons. The first-order chi connectivity index (χ1) is 10.2. The molecule has 4 N–H and O–H groups in total. The fourth-order valence-electron chi connectivity index (χ4n) is 1.94. The summed E-state index contributed by atoms with van der Waals surface area (Å²) >= 11 is 0. The Hall–Kier alpha value is -1.30. The van der Waals surface area contributed by atoms with Gasteiger partial charge in [0, 0.05) is 26.6 Å². The molecule has 124 valence electrons. The zero-order valence-corrected chi connectivity index (χ0v) is 13.6. The molecule has 0 bridgehead atoms. The fourth-order valence-corrected chi connectivity index (χ4v) is 1.94. The van der Waals surface area contributed by atoms with E-state index in [0.717, 1.165) is 64.6 Å². The Morgan fingerprint density at radius 3 is 1.57 bits per heavy atom. The van der Waals surface area contributed by atoms with Gasteiger partial charge in [0.25, 0.3) is 0 Å². The van der Waals surface area contributed by atoms with E-state index in [9.17, 15) is 9.59 Å². The van der Waals surface area contributed by atoms with Gasteiger partial charge >= 0.3 is 6.03 Å². The fraction of sp³-hybridized carbons (Fsp3) is 0.867. The summed E-state index contributed by atoms with van der Waals surface area (Å²) in [5, 5.41) is 11.6. The number of carbonyl (C=O) groups excluding carboxylic acids is 2. The zero-order valence-electron chi connectivity index (χ0n) is 13.6. The molecule has 6 heteroatoms. The topological polar surface area (TPSA) is 82.3 Å². The van der Waals surface area contributed by atoms with Gasteiger partial charge in [-0.3, -0.25) is 4.79 Å². The van der Waals surface area contributed by atoms with E-state index in [4.69, 9.17) is 0 Å². The summed E-state index contributed by atoms with van der Waals surface area (Å²) in [4.78, 5) is 22.1. The van der Waals surface area contributed by atoms with Gasteiger partial charge in [-0.25, -0.2) is 4.79 Å². The van der Waals surface area contributed by atoms with Crippen molar-refractivity contribution < 1.29 is 9.59 Å². The number of urea groups is 1. The summed E-state index contributed by atoms with van der Waals surface area (Å²) in [6.45, 7) is 4.77. The first kappa shape index (κ1) is 19.7. The number of amides is 3. The molecule has 3 amide bonds. The molecule has 0 heterocycles. The second kappa shape index (κ2) is 15.1. The van der Waals surface area contributed by atoms with Crippen molar-refractivity contribution >= 4 is 11.9 Å². The van der Waals surface area contributed by atoms with Crippen LogP contribution in [0, 0.1) is 0 Å². The third kappa shape index (κ3) is 16.6. The van der Waals surface area contributed by atoms with E-state index >= 15 is 0 Å². The van der Waals surface area contributed by atoms with Gasteiger partial charge in [-0.1, -0.05) is 19.3 Å². The van der Waals surface area contributed by atoms with E-state index in [0.29, 0.717) is 6.54 Å². The Morgan fingerprint density at radius 2 is 1.10 bits per heavy atom. The standard InChI is InChI=1S/C15H32N4O2/c1-14(20)17-11-7-3-4-8-12-18-15(21)19-13-9-5-6-10-16-2/h16H,3-13H2,1-2H3,(H,17,20)(H2,18,19,21). The number of carbonyl (C=O) groups is 2. The molecule has 0 aromatic rings. The van der Waals surface area contributed by atoms with Crippen LogP contribution in [-0.4, -0.2) is 45.2 Å². The lowest BCUT2D eigenvalue weighted by atomic mass is 10.2. The van der Waals surface area contributed by atoms with Crippen LogP contribution in [0.2, 0.25) is 0 Å². The maximum Gasteiger partial charge on any atom is 0.314 e. The highest BCUT2D eigenvalue weighted by atomic mass is 16.2. The Bertz CT molecular complexity index is 272. The number of unbranched alkanes of at least 4 members (excludes halogenated alkanes) is 5. The van der Waals surface area contributed by atoms with Gasteiger partial charge < -0.3 is 21.3 Å². The van der Waals surface area contributed by atoms with Gasteiger partial charge in [0.15, 0.2) is 0 Å². The van der Waals surface area contributed by atoms with E-state index in [2.05, 4.69) is 21.3 Å². The smallest absolute Gasteiger partial charge is 0.314 e. The number of nitrogens with one attached hydrogen (secondary N) is 4. The molecular formula is C15H32N4O2. The van der Waals surface area contributed by atoms with Gasteiger partial charge in [-0.05, 0) is 39.3 Å². The SMILES string of the molecule is CNCCCCCNC(=O)NCCCCCCNC(C)=O. The minimum Gasteiger partial charge on any atom is -0.356 e. The molecule has 21 heavy (non-hydrogen) atoms. The quantitative estimate of drug-likeness (QED) is 0.388. The monoisotopic (exact) mass is 300 g/mol. The van der Waals surface area contributed by atoms with Crippen molar-refractivity contribution in [2.75, 3.05) is 33.2 Å². The molecule has 0 aliphatic rings. The molecule has 0 saturated heterocycles. The summed E-state index contributed by atoms with van der Waals surface area (Å²) < 4.78 is 0. The molecule has 0 aliphatic carbocycles. The molecule has 0 aliphatic heterocycles. The molecule has 0 unspecified atom stereocenters. The van der Waals surface area contributed by atoms with Gasteiger partial charge in [0.1, 0.15) is 0 Å². The molecule has 0 aromatic carbocycles. The average molecular weight is 300 g/mol. The third-order valence-electron chi connectivity index (χ3n) is 3.15. The predicted molar refractivity (Wildman–Crippen MR) is 86.3 cm³/mol. The van der Waals surface area contributed by atoms with E-state index in [1.54, 1.807) is 0 Å². The second-order valence-corrected chi connectivity index (χ2v) is 5.24. The van der Waals surface area contributed by atoms with E-state index < -0.39 is 0 Å². The van der Waals surface area contributed by atoms with Crippen LogP contribution in [0.1, 0.15) is 51.9 Å². The van der Waals surface area contributed by atoms with Crippen molar-refractivity contribution in [2.45, 2.75) is 51.9 Å². The predicted octanol–water partition coefficient (Wildman–Crippen LogP) is 1.37. The maximum absolute atomic E-state index is 11.5. The van der Waals surface area contributed by atoms with Gasteiger partial charge in [0.2, 0.25) is 5.91 Å². The summed E-state index contributed by atoms with van der Waals surface area (Å²) in [6.07, 6.45) is 7.44. The highest BCUT2D eigenvalue weighted by Gasteiger charge is 1.98. The minimum absolute atomic E-state index is 0.0271. The zero-order chi connectivity index (χ0) is 15.8. The Labute approximate surface area is 128 Å². The van der Waals surface area contributed by atoms with Crippen LogP contribution >= 0.6 is 0 Å². The minimum atomic E-state index is -0.0677. The van der Waals surface area contributed by atoms with Crippen LogP contribution in [0.5, 0.6) is 0 Å². The lowest BCUT2D eigenvalue weighted by Crippen LogP contribution is -2.36. The maximum atomic E-state index is 11.5. The van der Waals surface area contributed by atoms with Crippen LogP contribution in [0.3, 0.4) is 0 Å². The van der Waals surface area contributed by atoms with E-state index in [-0.39, 0.29) is 11.9 Å². The summed E-state index contributed by atoms with van der Waals surface area (Å²) in [5.74, 6) is 0.0271. The van der Waals surface area contributed by atoms with Crippen molar-refractivity contribution in [1.82, 2.24) is 21.3 Å². The van der Waals surface area contributed by atoms with Crippen LogP contribution < -0.4 is 21.3 Å². The van der Waals surface area contributed by atoms with Crippen molar-refractivity contribution in [1.29, 1.82) is 0 Å². The van der Waals surface area contributed by atoms with Crippen molar-refractivity contribution in [3.8, 4) is 0 Å². The molecule has 0 aromatic heterocycles. The summed E-state index contributed by atoms with van der Waals surface area (Å²) in [7, 11) is 1.95. The number of rotatable bonds is 13. The largest absolute Gasteiger partial charge is 0.356 e. The normalized spacial score (nSPS) is 10.2. The van der Waals surface area contributed by atoms with Gasteiger partial charge in [-0.15, -0.1) is 0 Å². The molecule has 6 nitrogen and oxygen atoms in total. The van der Waals surface area contributed by atoms with Gasteiger partial charge in [0.05, 0.1) is 0 Å². The molecule has 0 atom stereocenters. The average Bonchev–Trinajstić information content (AvgIpc) is 2.45. The Morgan fingerprint density at radius 1 is 0.667 bits per heavy atom. The highest BCUT2D eigenvalue weighted by molar-refractivity contribution is 5.73. The van der Waals surface area contributed by atoms with Gasteiger partial charge in [-0.2, -0.15) is 0 Å². The number of hydrogen-bond acceptors (Lipinski definition) is 3. The van der Waals surface area contributed by atoms with Crippen LogP contribution in [0.25, 0.3) is 0 Å². The highest BCUT2D eigenvalue weighted by Crippen LogP contribution is 1.97. The van der Waals surface area contributed by atoms with Crippen molar-refractivity contribution in [3.05, 3.63) is 0 Å². The summed E-state index contributed by atoms with van der Waals surface area (Å²) in [6, 6.07) is -0.0677. The summed E-state index contributed by atoms with van der Waals surface area (Å²) in [5.41, 5.74) is 0. The lowest BCUT2D eigenvalue weighted by Gasteiger charge is -2.07. The van der Waals surface area contributed by atoms with Crippen LogP contribution in [0.15, 0.2) is 0 Å². The molecule has 0 rings (SSSR count). The molecule has 0 saturated carbocycles.